The predicted molar refractivity (Wildman–Crippen MR) is 48.1 cm³/mol. The topological polar surface area (TPSA) is 41.5 Å². The Morgan fingerprint density at radius 3 is 2.75 bits per heavy atom. The van der Waals surface area contributed by atoms with Gasteiger partial charge in [0, 0.05) is 19.2 Å². The van der Waals surface area contributed by atoms with E-state index in [1.807, 2.05) is 6.92 Å². The van der Waals surface area contributed by atoms with E-state index in [9.17, 15) is 0 Å². The number of aliphatic hydroxyl groups is 1. The predicted octanol–water partition coefficient (Wildman–Crippen LogP) is 0.524. The molecule has 0 aliphatic heterocycles. The van der Waals surface area contributed by atoms with Gasteiger partial charge >= 0.3 is 0 Å². The van der Waals surface area contributed by atoms with Gasteiger partial charge in [-0.1, -0.05) is 0 Å². The van der Waals surface area contributed by atoms with Crippen LogP contribution in [0.25, 0.3) is 0 Å². The average Bonchev–Trinajstić information content (AvgIpc) is 1.93. The Bertz CT molecular complexity index is 122. The molecule has 1 rings (SSSR count). The molecule has 72 valence electrons. The Kier molecular flexibility index (Phi) is 3.98. The summed E-state index contributed by atoms with van der Waals surface area (Å²) in [4.78, 5) is 0. The summed E-state index contributed by atoms with van der Waals surface area (Å²) in [6.07, 6.45) is 2.42. The third kappa shape index (κ3) is 3.09. The first kappa shape index (κ1) is 9.96. The van der Waals surface area contributed by atoms with Crippen LogP contribution in [0.3, 0.4) is 0 Å². The summed E-state index contributed by atoms with van der Waals surface area (Å²) in [6, 6.07) is 0.566. The molecule has 12 heavy (non-hydrogen) atoms. The van der Waals surface area contributed by atoms with Crippen LogP contribution in [-0.2, 0) is 4.74 Å². The minimum Gasteiger partial charge on any atom is -0.392 e. The third-order valence-electron chi connectivity index (χ3n) is 2.20. The molecule has 1 fully saturated rings. The zero-order valence-electron chi connectivity index (χ0n) is 7.92. The highest BCUT2D eigenvalue weighted by Gasteiger charge is 2.28. The van der Waals surface area contributed by atoms with Crippen molar-refractivity contribution in [3.05, 3.63) is 0 Å². The zero-order valence-corrected chi connectivity index (χ0v) is 7.92. The molecule has 0 heterocycles. The van der Waals surface area contributed by atoms with E-state index in [1.165, 1.54) is 0 Å². The van der Waals surface area contributed by atoms with Crippen molar-refractivity contribution in [2.45, 2.75) is 44.9 Å². The van der Waals surface area contributed by atoms with Crippen molar-refractivity contribution in [3.8, 4) is 0 Å². The number of ether oxygens (including phenoxy) is 1. The molecule has 0 aromatic carbocycles. The summed E-state index contributed by atoms with van der Waals surface area (Å²) in [5.41, 5.74) is 0. The summed E-state index contributed by atoms with van der Waals surface area (Å²) in [7, 11) is 0. The summed E-state index contributed by atoms with van der Waals surface area (Å²) < 4.78 is 5.41. The number of aliphatic hydroxyl groups excluding tert-OH is 1. The second kappa shape index (κ2) is 4.80. The van der Waals surface area contributed by atoms with Crippen molar-refractivity contribution in [2.75, 3.05) is 13.2 Å². The fourth-order valence-corrected chi connectivity index (χ4v) is 1.44. The van der Waals surface area contributed by atoms with Crippen LogP contribution >= 0.6 is 0 Å². The first-order valence-corrected chi connectivity index (χ1v) is 4.75. The van der Waals surface area contributed by atoms with Gasteiger partial charge in [0.15, 0.2) is 0 Å². The van der Waals surface area contributed by atoms with Crippen LogP contribution in [0.2, 0.25) is 0 Å². The summed E-state index contributed by atoms with van der Waals surface area (Å²) in [5, 5.41) is 12.3. The fourth-order valence-electron chi connectivity index (χ4n) is 1.44. The van der Waals surface area contributed by atoms with Crippen molar-refractivity contribution >= 4 is 0 Å². The molecule has 0 aromatic heterocycles. The minimum absolute atomic E-state index is 0.240. The quantitative estimate of drug-likeness (QED) is 0.637. The molecule has 0 saturated heterocycles. The molecule has 1 atom stereocenters. The van der Waals surface area contributed by atoms with Crippen molar-refractivity contribution in [2.24, 2.45) is 0 Å². The Morgan fingerprint density at radius 1 is 1.58 bits per heavy atom. The normalized spacial score (nSPS) is 31.2. The van der Waals surface area contributed by atoms with Gasteiger partial charge in [0.25, 0.3) is 0 Å². The first-order valence-electron chi connectivity index (χ1n) is 4.75. The maximum atomic E-state index is 9.00. The lowest BCUT2D eigenvalue weighted by molar-refractivity contribution is -0.0119. The van der Waals surface area contributed by atoms with Crippen molar-refractivity contribution < 1.29 is 9.84 Å². The number of hydrogen-bond acceptors (Lipinski definition) is 3. The largest absolute Gasteiger partial charge is 0.392 e. The van der Waals surface area contributed by atoms with Crippen LogP contribution in [-0.4, -0.2) is 36.5 Å². The first-order chi connectivity index (χ1) is 5.72. The molecule has 3 nitrogen and oxygen atoms in total. The van der Waals surface area contributed by atoms with Crippen LogP contribution in [0, 0.1) is 0 Å². The van der Waals surface area contributed by atoms with E-state index < -0.39 is 0 Å². The highest BCUT2D eigenvalue weighted by Crippen LogP contribution is 2.22. The van der Waals surface area contributed by atoms with Crippen molar-refractivity contribution in [3.63, 3.8) is 0 Å². The maximum absolute atomic E-state index is 9.00. The lowest BCUT2D eigenvalue weighted by Gasteiger charge is -2.35. The standard InChI is InChI=1S/C9H19NO2/c1-3-12-9-4-8(5-9)10-6-7(2)11/h7-11H,3-6H2,1-2H3. The van der Waals surface area contributed by atoms with Gasteiger partial charge in [0.05, 0.1) is 12.2 Å². The second-order valence-corrected chi connectivity index (χ2v) is 3.50. The van der Waals surface area contributed by atoms with Crippen molar-refractivity contribution in [1.82, 2.24) is 5.32 Å². The highest BCUT2D eigenvalue weighted by molar-refractivity contribution is 4.86. The highest BCUT2D eigenvalue weighted by atomic mass is 16.5. The Hall–Kier alpha value is -0.120. The van der Waals surface area contributed by atoms with E-state index in [2.05, 4.69) is 5.32 Å². The van der Waals surface area contributed by atoms with E-state index in [4.69, 9.17) is 9.84 Å². The van der Waals surface area contributed by atoms with Crippen LogP contribution in [0.4, 0.5) is 0 Å². The van der Waals surface area contributed by atoms with Gasteiger partial charge in [-0.2, -0.15) is 0 Å². The zero-order chi connectivity index (χ0) is 8.97. The van der Waals surface area contributed by atoms with E-state index >= 15 is 0 Å². The molecule has 2 N–H and O–H groups in total. The molecule has 0 amide bonds. The summed E-state index contributed by atoms with van der Waals surface area (Å²) in [6.45, 7) is 5.33. The molecule has 1 aliphatic rings. The van der Waals surface area contributed by atoms with Crippen LogP contribution in [0.1, 0.15) is 26.7 Å². The molecule has 0 radical (unpaired) electrons. The maximum Gasteiger partial charge on any atom is 0.0636 e. The molecule has 3 heteroatoms. The van der Waals surface area contributed by atoms with E-state index in [0.29, 0.717) is 18.7 Å². The minimum atomic E-state index is -0.240. The van der Waals surface area contributed by atoms with E-state index in [-0.39, 0.29) is 6.10 Å². The fraction of sp³-hybridized carbons (Fsp3) is 1.00. The Balaban J connectivity index is 1.95. The lowest BCUT2D eigenvalue weighted by atomic mass is 9.89. The smallest absolute Gasteiger partial charge is 0.0636 e. The van der Waals surface area contributed by atoms with Gasteiger partial charge in [-0.3, -0.25) is 0 Å². The van der Waals surface area contributed by atoms with E-state index in [1.54, 1.807) is 6.92 Å². The average molecular weight is 173 g/mol. The SMILES string of the molecule is CCOC1CC(NCC(C)O)C1. The van der Waals surface area contributed by atoms with Crippen LogP contribution in [0.5, 0.6) is 0 Å². The molecule has 1 aliphatic carbocycles. The van der Waals surface area contributed by atoms with Crippen LogP contribution in [0.15, 0.2) is 0 Å². The van der Waals surface area contributed by atoms with Gasteiger partial charge in [-0.05, 0) is 26.7 Å². The van der Waals surface area contributed by atoms with E-state index in [0.717, 1.165) is 19.4 Å². The molecule has 0 spiro atoms. The van der Waals surface area contributed by atoms with Gasteiger partial charge in [0.1, 0.15) is 0 Å². The summed E-state index contributed by atoms with van der Waals surface area (Å²) in [5.74, 6) is 0. The monoisotopic (exact) mass is 173 g/mol. The number of nitrogens with one attached hydrogen (secondary N) is 1. The number of rotatable bonds is 5. The van der Waals surface area contributed by atoms with Crippen molar-refractivity contribution in [1.29, 1.82) is 0 Å². The Morgan fingerprint density at radius 2 is 2.25 bits per heavy atom. The lowest BCUT2D eigenvalue weighted by Crippen LogP contribution is -2.47. The molecule has 1 saturated carbocycles. The summed E-state index contributed by atoms with van der Waals surface area (Å²) >= 11 is 0. The number of hydrogen-bond donors (Lipinski definition) is 2. The molecule has 0 bridgehead atoms. The van der Waals surface area contributed by atoms with Gasteiger partial charge < -0.3 is 15.2 Å². The van der Waals surface area contributed by atoms with Crippen LogP contribution < -0.4 is 5.32 Å². The second-order valence-electron chi connectivity index (χ2n) is 3.50. The van der Waals surface area contributed by atoms with Gasteiger partial charge in [0.2, 0.25) is 0 Å². The molecular formula is C9H19NO2. The third-order valence-corrected chi connectivity index (χ3v) is 2.20. The van der Waals surface area contributed by atoms with Gasteiger partial charge in [-0.25, -0.2) is 0 Å². The Labute approximate surface area is 74.1 Å². The molecule has 1 unspecified atom stereocenters. The molecular weight excluding hydrogens is 154 g/mol. The van der Waals surface area contributed by atoms with Gasteiger partial charge in [-0.15, -0.1) is 0 Å². The molecule has 0 aromatic rings.